The molecule has 0 atom stereocenters. The summed E-state index contributed by atoms with van der Waals surface area (Å²) in [4.78, 5) is 13.2. The molecule has 1 aliphatic carbocycles. The highest BCUT2D eigenvalue weighted by Gasteiger charge is 2.34. The molecule has 0 spiro atoms. The Morgan fingerprint density at radius 3 is 2.03 bits per heavy atom. The lowest BCUT2D eigenvalue weighted by Gasteiger charge is -2.33. The number of para-hydroxylation sites is 2. The Morgan fingerprint density at radius 2 is 1.40 bits per heavy atom. The molecular formula is C31H39N3O. The van der Waals surface area contributed by atoms with E-state index in [1.165, 1.54) is 22.3 Å². The van der Waals surface area contributed by atoms with Gasteiger partial charge in [-0.1, -0.05) is 107 Å². The van der Waals surface area contributed by atoms with E-state index in [1.54, 1.807) is 0 Å². The summed E-state index contributed by atoms with van der Waals surface area (Å²) in [5.41, 5.74) is 6.67. The van der Waals surface area contributed by atoms with Crippen LogP contribution in [0.25, 0.3) is 11.1 Å². The van der Waals surface area contributed by atoms with E-state index >= 15 is 0 Å². The summed E-state index contributed by atoms with van der Waals surface area (Å²) in [6, 6.07) is 25.1. The molecule has 35 heavy (non-hydrogen) atoms. The Balaban J connectivity index is 1.51. The van der Waals surface area contributed by atoms with E-state index in [0.717, 1.165) is 37.1 Å². The molecule has 3 aromatic rings. The van der Waals surface area contributed by atoms with Crippen molar-refractivity contribution in [3.63, 3.8) is 0 Å². The van der Waals surface area contributed by atoms with Crippen LogP contribution in [0.2, 0.25) is 0 Å². The normalized spacial score (nSPS) is 14.8. The number of carbonyl (C=O) groups is 1. The average Bonchev–Trinajstić information content (AvgIpc) is 3.32. The minimum absolute atomic E-state index is 0.135. The van der Waals surface area contributed by atoms with E-state index in [2.05, 4.69) is 110 Å². The molecule has 4 nitrogen and oxygen atoms in total. The molecule has 184 valence electrons. The van der Waals surface area contributed by atoms with Gasteiger partial charge in [0, 0.05) is 23.5 Å². The molecule has 0 aromatic heterocycles. The van der Waals surface area contributed by atoms with Gasteiger partial charge in [-0.2, -0.15) is 0 Å². The van der Waals surface area contributed by atoms with Gasteiger partial charge in [0.15, 0.2) is 0 Å². The Hall–Kier alpha value is -3.27. The lowest BCUT2D eigenvalue weighted by Crippen LogP contribution is -2.48. The van der Waals surface area contributed by atoms with Gasteiger partial charge in [-0.25, -0.2) is 4.79 Å². The number of hydrogen-bond donors (Lipinski definition) is 3. The SMILES string of the molecule is CC(C)c1cccc(C(C)C)c1NC(=O)NCC1(Nc2ccccc2-c2ccccc2)CCCC1. The molecule has 0 radical (unpaired) electrons. The summed E-state index contributed by atoms with van der Waals surface area (Å²) in [7, 11) is 0. The third-order valence-corrected chi connectivity index (χ3v) is 7.17. The minimum atomic E-state index is -0.152. The van der Waals surface area contributed by atoms with Gasteiger partial charge < -0.3 is 16.0 Å². The molecule has 4 heteroatoms. The predicted octanol–water partition coefficient (Wildman–Crippen LogP) is 8.15. The maximum Gasteiger partial charge on any atom is 0.319 e. The van der Waals surface area contributed by atoms with Crippen LogP contribution in [0.4, 0.5) is 16.2 Å². The monoisotopic (exact) mass is 469 g/mol. The van der Waals surface area contributed by atoms with Crippen molar-refractivity contribution < 1.29 is 4.79 Å². The van der Waals surface area contributed by atoms with Crippen molar-refractivity contribution in [2.45, 2.75) is 70.8 Å². The Kier molecular flexibility index (Phi) is 7.80. The summed E-state index contributed by atoms with van der Waals surface area (Å²) in [5, 5.41) is 10.3. The molecule has 1 aliphatic rings. The predicted molar refractivity (Wildman–Crippen MR) is 148 cm³/mol. The van der Waals surface area contributed by atoms with Crippen LogP contribution in [0, 0.1) is 0 Å². The zero-order valence-corrected chi connectivity index (χ0v) is 21.5. The minimum Gasteiger partial charge on any atom is -0.377 e. The number of rotatable bonds is 8. The lowest BCUT2D eigenvalue weighted by atomic mass is 9.92. The first-order valence-electron chi connectivity index (χ1n) is 13.0. The summed E-state index contributed by atoms with van der Waals surface area (Å²) in [6.45, 7) is 9.27. The Morgan fingerprint density at radius 1 is 0.800 bits per heavy atom. The van der Waals surface area contributed by atoms with Gasteiger partial charge >= 0.3 is 6.03 Å². The molecule has 0 saturated heterocycles. The van der Waals surface area contributed by atoms with Crippen molar-refractivity contribution in [3.8, 4) is 11.1 Å². The van der Waals surface area contributed by atoms with Crippen LogP contribution in [0.5, 0.6) is 0 Å². The molecule has 3 N–H and O–H groups in total. The van der Waals surface area contributed by atoms with Crippen LogP contribution in [0.15, 0.2) is 72.8 Å². The first-order valence-corrected chi connectivity index (χ1v) is 13.0. The summed E-state index contributed by atoms with van der Waals surface area (Å²) < 4.78 is 0. The molecule has 2 amide bonds. The number of benzene rings is 3. The zero-order chi connectivity index (χ0) is 24.8. The van der Waals surface area contributed by atoms with Crippen molar-refractivity contribution in [1.29, 1.82) is 0 Å². The number of amides is 2. The van der Waals surface area contributed by atoms with Gasteiger partial charge in [-0.3, -0.25) is 0 Å². The Labute approximate surface area is 210 Å². The van der Waals surface area contributed by atoms with Crippen LogP contribution in [0.3, 0.4) is 0 Å². The molecule has 4 rings (SSSR count). The molecule has 3 aromatic carbocycles. The third kappa shape index (κ3) is 5.87. The fourth-order valence-electron chi connectivity index (χ4n) is 5.25. The van der Waals surface area contributed by atoms with Crippen LogP contribution in [-0.2, 0) is 0 Å². The second kappa shape index (κ2) is 11.0. The second-order valence-electron chi connectivity index (χ2n) is 10.5. The average molecular weight is 470 g/mol. The van der Waals surface area contributed by atoms with Gasteiger partial charge in [0.05, 0.1) is 5.54 Å². The summed E-state index contributed by atoms with van der Waals surface area (Å²) >= 11 is 0. The number of anilines is 2. The lowest BCUT2D eigenvalue weighted by molar-refractivity contribution is 0.249. The summed E-state index contributed by atoms with van der Waals surface area (Å²) in [5.74, 6) is 0.669. The van der Waals surface area contributed by atoms with Crippen molar-refractivity contribution in [1.82, 2.24) is 5.32 Å². The van der Waals surface area contributed by atoms with Crippen molar-refractivity contribution in [3.05, 3.63) is 83.9 Å². The first-order chi connectivity index (χ1) is 16.9. The number of urea groups is 1. The van der Waals surface area contributed by atoms with Crippen LogP contribution in [-0.4, -0.2) is 18.1 Å². The van der Waals surface area contributed by atoms with Crippen LogP contribution >= 0.6 is 0 Å². The van der Waals surface area contributed by atoms with E-state index in [-0.39, 0.29) is 11.6 Å². The van der Waals surface area contributed by atoms with Gasteiger partial charge in [-0.15, -0.1) is 0 Å². The van der Waals surface area contributed by atoms with E-state index < -0.39 is 0 Å². The molecule has 0 unspecified atom stereocenters. The smallest absolute Gasteiger partial charge is 0.319 e. The first kappa shape index (κ1) is 24.8. The third-order valence-electron chi connectivity index (χ3n) is 7.17. The fraction of sp³-hybridized carbons (Fsp3) is 0.387. The molecular weight excluding hydrogens is 430 g/mol. The fourth-order valence-corrected chi connectivity index (χ4v) is 5.25. The second-order valence-corrected chi connectivity index (χ2v) is 10.5. The van der Waals surface area contributed by atoms with Gasteiger partial charge in [0.25, 0.3) is 0 Å². The van der Waals surface area contributed by atoms with Crippen molar-refractivity contribution >= 4 is 17.4 Å². The van der Waals surface area contributed by atoms with E-state index in [1.807, 2.05) is 6.07 Å². The largest absolute Gasteiger partial charge is 0.377 e. The van der Waals surface area contributed by atoms with E-state index in [0.29, 0.717) is 18.4 Å². The van der Waals surface area contributed by atoms with Crippen LogP contribution < -0.4 is 16.0 Å². The highest BCUT2D eigenvalue weighted by molar-refractivity contribution is 5.91. The molecule has 0 bridgehead atoms. The van der Waals surface area contributed by atoms with Crippen molar-refractivity contribution in [2.24, 2.45) is 0 Å². The Bertz CT molecular complexity index is 1100. The number of carbonyl (C=O) groups excluding carboxylic acids is 1. The van der Waals surface area contributed by atoms with Gasteiger partial charge in [0.1, 0.15) is 0 Å². The molecule has 0 heterocycles. The quantitative estimate of drug-likeness (QED) is 0.312. The highest BCUT2D eigenvalue weighted by atomic mass is 16.2. The summed E-state index contributed by atoms with van der Waals surface area (Å²) in [6.07, 6.45) is 4.40. The van der Waals surface area contributed by atoms with Crippen LogP contribution in [0.1, 0.15) is 76.3 Å². The van der Waals surface area contributed by atoms with Crippen molar-refractivity contribution in [2.75, 3.05) is 17.2 Å². The number of hydrogen-bond acceptors (Lipinski definition) is 2. The molecule has 1 saturated carbocycles. The van der Waals surface area contributed by atoms with Gasteiger partial charge in [-0.05, 0) is 47.4 Å². The van der Waals surface area contributed by atoms with E-state index in [4.69, 9.17) is 0 Å². The number of nitrogens with one attached hydrogen (secondary N) is 3. The maximum absolute atomic E-state index is 13.2. The molecule has 1 fully saturated rings. The maximum atomic E-state index is 13.2. The van der Waals surface area contributed by atoms with E-state index in [9.17, 15) is 4.79 Å². The highest BCUT2D eigenvalue weighted by Crippen LogP contribution is 2.37. The molecule has 0 aliphatic heterocycles. The topological polar surface area (TPSA) is 53.2 Å². The van der Waals surface area contributed by atoms with Gasteiger partial charge in [0.2, 0.25) is 0 Å². The zero-order valence-electron chi connectivity index (χ0n) is 21.5. The standard InChI is InChI=1S/C31H39N3O/c1-22(2)25-16-12-17-26(23(3)4)29(25)33-30(35)32-21-31(19-10-11-20-31)34-28-18-9-8-15-27(28)24-13-6-5-7-14-24/h5-9,12-18,22-23,34H,10-11,19-21H2,1-4H3,(H2,32,33,35).